The lowest BCUT2D eigenvalue weighted by Gasteiger charge is -2.21. The molecule has 0 radical (unpaired) electrons. The lowest BCUT2D eigenvalue weighted by molar-refractivity contribution is -0.133. The van der Waals surface area contributed by atoms with Crippen LogP contribution in [0.4, 0.5) is 0 Å². The van der Waals surface area contributed by atoms with E-state index in [0.717, 1.165) is 25.7 Å². The van der Waals surface area contributed by atoms with Crippen LogP contribution in [0.25, 0.3) is 0 Å². The predicted octanol–water partition coefficient (Wildman–Crippen LogP) is 3.48. The summed E-state index contributed by atoms with van der Waals surface area (Å²) in [6.07, 6.45) is 4.94. The topological polar surface area (TPSA) is 81.9 Å². The van der Waals surface area contributed by atoms with Crippen molar-refractivity contribution in [3.8, 4) is 11.5 Å². The van der Waals surface area contributed by atoms with Crippen LogP contribution >= 0.6 is 0 Å². The van der Waals surface area contributed by atoms with Gasteiger partial charge in [-0.2, -0.15) is 0 Å². The van der Waals surface area contributed by atoms with Gasteiger partial charge in [0.05, 0.1) is 13.0 Å². The number of nitrogens with zero attached hydrogens (tertiary/aromatic N) is 1. The Kier molecular flexibility index (Phi) is 10.3. The van der Waals surface area contributed by atoms with Crippen LogP contribution in [-0.2, 0) is 9.59 Å². The Morgan fingerprint density at radius 1 is 1.11 bits per heavy atom. The molecular weight excluding hydrogens is 344 g/mol. The van der Waals surface area contributed by atoms with Gasteiger partial charge in [-0.05, 0) is 26.3 Å². The van der Waals surface area contributed by atoms with Gasteiger partial charge in [-0.1, -0.05) is 44.7 Å². The monoisotopic (exact) mass is 378 g/mol. The number of carbonyl (C=O) groups is 2. The number of hydrogen-bond donors (Lipinski definition) is 1. The summed E-state index contributed by atoms with van der Waals surface area (Å²) in [7, 11) is 1.53. The number of nitrogens with two attached hydrogens (primary N) is 1. The maximum Gasteiger partial charge on any atom is 0.260 e. The number of ether oxygens (including phenoxy) is 2. The van der Waals surface area contributed by atoms with Crippen molar-refractivity contribution < 1.29 is 19.1 Å². The molecule has 1 rings (SSSR count). The number of amides is 2. The fourth-order valence-corrected chi connectivity index (χ4v) is 3.17. The third kappa shape index (κ3) is 6.77. The van der Waals surface area contributed by atoms with Crippen molar-refractivity contribution in [2.75, 3.05) is 26.8 Å². The standard InChI is InChI=1S/C21H34N2O4/c1-5-8-9-10-12-17(21(22)25)16-13-11-14-18(20(16)26-4)27-15-19(24)23(6-2)7-3/h11,13-14,17H,5-10,12,15H2,1-4H3,(H2,22,25). The van der Waals surface area contributed by atoms with E-state index in [1.165, 1.54) is 7.11 Å². The van der Waals surface area contributed by atoms with Gasteiger partial charge in [-0.15, -0.1) is 0 Å². The molecule has 0 bridgehead atoms. The number of hydrogen-bond acceptors (Lipinski definition) is 4. The Morgan fingerprint density at radius 2 is 1.81 bits per heavy atom. The fraction of sp³-hybridized carbons (Fsp3) is 0.619. The fourth-order valence-electron chi connectivity index (χ4n) is 3.17. The van der Waals surface area contributed by atoms with E-state index in [0.29, 0.717) is 36.6 Å². The lowest BCUT2D eigenvalue weighted by Crippen LogP contribution is -2.34. The molecule has 6 nitrogen and oxygen atoms in total. The van der Waals surface area contributed by atoms with E-state index in [2.05, 4.69) is 6.92 Å². The summed E-state index contributed by atoms with van der Waals surface area (Å²) < 4.78 is 11.2. The van der Waals surface area contributed by atoms with Crippen molar-refractivity contribution in [1.29, 1.82) is 0 Å². The van der Waals surface area contributed by atoms with E-state index in [-0.39, 0.29) is 18.4 Å². The lowest BCUT2D eigenvalue weighted by atomic mass is 9.91. The van der Waals surface area contributed by atoms with Gasteiger partial charge in [-0.25, -0.2) is 0 Å². The van der Waals surface area contributed by atoms with Gasteiger partial charge in [0.1, 0.15) is 0 Å². The van der Waals surface area contributed by atoms with Crippen LogP contribution in [0.1, 0.15) is 64.4 Å². The normalized spacial score (nSPS) is 11.7. The number of rotatable bonds is 13. The molecule has 2 amide bonds. The Balaban J connectivity index is 2.96. The van der Waals surface area contributed by atoms with E-state index >= 15 is 0 Å². The summed E-state index contributed by atoms with van der Waals surface area (Å²) in [4.78, 5) is 25.9. The maximum absolute atomic E-state index is 12.2. The Labute approximate surface area is 163 Å². The molecule has 0 spiro atoms. The molecule has 2 N–H and O–H groups in total. The number of carbonyl (C=O) groups excluding carboxylic acids is 2. The molecule has 6 heteroatoms. The molecule has 0 fully saturated rings. The van der Waals surface area contributed by atoms with Crippen LogP contribution in [0.15, 0.2) is 18.2 Å². The first-order chi connectivity index (χ1) is 13.0. The molecule has 0 saturated heterocycles. The largest absolute Gasteiger partial charge is 0.493 e. The molecule has 0 heterocycles. The molecule has 1 aromatic carbocycles. The van der Waals surface area contributed by atoms with Gasteiger partial charge in [0.2, 0.25) is 5.91 Å². The summed E-state index contributed by atoms with van der Waals surface area (Å²) in [6.45, 7) is 7.21. The number of primary amides is 1. The molecule has 1 unspecified atom stereocenters. The molecule has 1 aromatic rings. The third-order valence-corrected chi connectivity index (χ3v) is 4.75. The highest BCUT2D eigenvalue weighted by atomic mass is 16.5. The molecule has 0 aliphatic carbocycles. The van der Waals surface area contributed by atoms with Crippen LogP contribution in [0.5, 0.6) is 11.5 Å². The number of methoxy groups -OCH3 is 1. The van der Waals surface area contributed by atoms with Crippen molar-refractivity contribution in [2.24, 2.45) is 5.73 Å². The first-order valence-electron chi connectivity index (χ1n) is 9.86. The van der Waals surface area contributed by atoms with Crippen molar-refractivity contribution in [2.45, 2.75) is 58.8 Å². The highest BCUT2D eigenvalue weighted by Gasteiger charge is 2.24. The quantitative estimate of drug-likeness (QED) is 0.533. The third-order valence-electron chi connectivity index (χ3n) is 4.75. The first-order valence-corrected chi connectivity index (χ1v) is 9.86. The van der Waals surface area contributed by atoms with Crippen LogP contribution in [-0.4, -0.2) is 43.5 Å². The predicted molar refractivity (Wildman–Crippen MR) is 107 cm³/mol. The van der Waals surface area contributed by atoms with E-state index in [1.807, 2.05) is 19.9 Å². The maximum atomic E-state index is 12.2. The van der Waals surface area contributed by atoms with E-state index in [4.69, 9.17) is 15.2 Å². The summed E-state index contributed by atoms with van der Waals surface area (Å²) >= 11 is 0. The smallest absolute Gasteiger partial charge is 0.260 e. The van der Waals surface area contributed by atoms with Gasteiger partial charge in [0, 0.05) is 18.7 Å². The highest BCUT2D eigenvalue weighted by Crippen LogP contribution is 2.37. The summed E-state index contributed by atoms with van der Waals surface area (Å²) in [6, 6.07) is 5.39. The van der Waals surface area contributed by atoms with Crippen LogP contribution in [0.2, 0.25) is 0 Å². The summed E-state index contributed by atoms with van der Waals surface area (Å²) in [5, 5.41) is 0. The summed E-state index contributed by atoms with van der Waals surface area (Å²) in [5.74, 6) is 0.0398. The summed E-state index contributed by atoms with van der Waals surface area (Å²) in [5.41, 5.74) is 6.38. The average Bonchev–Trinajstić information content (AvgIpc) is 2.66. The molecular formula is C21H34N2O4. The van der Waals surface area contributed by atoms with Gasteiger partial charge in [0.25, 0.3) is 5.91 Å². The number of para-hydroxylation sites is 1. The van der Waals surface area contributed by atoms with Crippen LogP contribution in [0.3, 0.4) is 0 Å². The molecule has 0 aliphatic heterocycles. The minimum Gasteiger partial charge on any atom is -0.493 e. The Hall–Kier alpha value is -2.24. The van der Waals surface area contributed by atoms with E-state index < -0.39 is 5.92 Å². The SMILES string of the molecule is CCCCCCC(C(N)=O)c1cccc(OCC(=O)N(CC)CC)c1OC. The van der Waals surface area contributed by atoms with E-state index in [9.17, 15) is 9.59 Å². The molecule has 152 valence electrons. The molecule has 0 aromatic heterocycles. The van der Waals surface area contributed by atoms with Crippen molar-refractivity contribution in [3.63, 3.8) is 0 Å². The van der Waals surface area contributed by atoms with Crippen LogP contribution < -0.4 is 15.2 Å². The molecule has 27 heavy (non-hydrogen) atoms. The van der Waals surface area contributed by atoms with Gasteiger partial charge in [0.15, 0.2) is 18.1 Å². The number of likely N-dealkylation sites (N-methyl/N-ethyl adjacent to an activating group) is 1. The second-order valence-corrected chi connectivity index (χ2v) is 6.54. The number of benzene rings is 1. The van der Waals surface area contributed by atoms with Gasteiger partial charge < -0.3 is 20.1 Å². The number of unbranched alkanes of at least 4 members (excludes halogenated alkanes) is 3. The minimum absolute atomic E-state index is 0.0702. The Morgan fingerprint density at radius 3 is 2.37 bits per heavy atom. The second-order valence-electron chi connectivity index (χ2n) is 6.54. The molecule has 0 saturated carbocycles. The Bertz CT molecular complexity index is 600. The molecule has 0 aliphatic rings. The van der Waals surface area contributed by atoms with Crippen molar-refractivity contribution >= 4 is 11.8 Å². The van der Waals surface area contributed by atoms with Gasteiger partial charge in [-0.3, -0.25) is 9.59 Å². The zero-order chi connectivity index (χ0) is 20.2. The minimum atomic E-state index is -0.432. The zero-order valence-corrected chi connectivity index (χ0v) is 17.1. The van der Waals surface area contributed by atoms with Crippen molar-refractivity contribution in [1.82, 2.24) is 4.90 Å². The average molecular weight is 379 g/mol. The first kappa shape index (κ1) is 22.8. The van der Waals surface area contributed by atoms with Gasteiger partial charge >= 0.3 is 0 Å². The molecule has 1 atom stereocenters. The van der Waals surface area contributed by atoms with Crippen molar-refractivity contribution in [3.05, 3.63) is 23.8 Å². The zero-order valence-electron chi connectivity index (χ0n) is 17.1. The second kappa shape index (κ2) is 12.2. The van der Waals surface area contributed by atoms with Crippen LogP contribution in [0, 0.1) is 0 Å². The van der Waals surface area contributed by atoms with E-state index in [1.54, 1.807) is 17.0 Å². The highest BCUT2D eigenvalue weighted by molar-refractivity contribution is 5.83.